The van der Waals surface area contributed by atoms with E-state index in [-0.39, 0.29) is 30.7 Å². The molecule has 1 aliphatic rings. The zero-order valence-electron chi connectivity index (χ0n) is 14.6. The van der Waals surface area contributed by atoms with Gasteiger partial charge in [0.05, 0.1) is 6.54 Å². The minimum atomic E-state index is -0.489. The molecule has 1 aliphatic carbocycles. The van der Waals surface area contributed by atoms with Crippen molar-refractivity contribution in [2.24, 2.45) is 0 Å². The monoisotopic (exact) mass is 314 g/mol. The molecule has 0 saturated heterocycles. The Labute approximate surface area is 133 Å². The average Bonchev–Trinajstić information content (AvgIpc) is 2.68. The molecule has 0 heterocycles. The van der Waals surface area contributed by atoms with Crippen LogP contribution in [0.4, 0.5) is 4.79 Å². The van der Waals surface area contributed by atoms with E-state index in [9.17, 15) is 9.59 Å². The molecule has 0 spiro atoms. The van der Waals surface area contributed by atoms with Gasteiger partial charge in [-0.15, -0.1) is 0 Å². The van der Waals surface area contributed by atoms with E-state index in [1.54, 1.807) is 0 Å². The molecule has 2 atom stereocenters. The molecule has 0 aliphatic heterocycles. The number of amides is 1. The van der Waals surface area contributed by atoms with Crippen LogP contribution in [-0.2, 0) is 14.3 Å². The second-order valence-electron chi connectivity index (χ2n) is 7.82. The van der Waals surface area contributed by atoms with Crippen molar-refractivity contribution in [3.05, 3.63) is 0 Å². The molecule has 1 amide bonds. The van der Waals surface area contributed by atoms with Crippen LogP contribution < -0.4 is 10.6 Å². The fourth-order valence-electron chi connectivity index (χ4n) is 2.38. The Morgan fingerprint density at radius 2 is 1.50 bits per heavy atom. The lowest BCUT2D eigenvalue weighted by atomic mass is 10.2. The summed E-state index contributed by atoms with van der Waals surface area (Å²) in [6, 6.07) is 0.304. The van der Waals surface area contributed by atoms with Gasteiger partial charge in [-0.3, -0.25) is 4.79 Å². The lowest BCUT2D eigenvalue weighted by molar-refractivity contribution is -0.153. The summed E-state index contributed by atoms with van der Waals surface area (Å²) in [6.45, 7) is 11.3. The summed E-state index contributed by atoms with van der Waals surface area (Å²) in [7, 11) is 0. The molecule has 0 radical (unpaired) electrons. The minimum Gasteiger partial charge on any atom is -0.459 e. The summed E-state index contributed by atoms with van der Waals surface area (Å²) in [5.74, 6) is -0.254. The van der Waals surface area contributed by atoms with Crippen molar-refractivity contribution in [1.82, 2.24) is 10.6 Å². The van der Waals surface area contributed by atoms with Crippen molar-refractivity contribution in [3.63, 3.8) is 0 Å². The van der Waals surface area contributed by atoms with Gasteiger partial charge in [-0.25, -0.2) is 4.79 Å². The van der Waals surface area contributed by atoms with Gasteiger partial charge in [0.2, 0.25) is 0 Å². The number of ether oxygens (including phenoxy) is 2. The molecule has 1 saturated carbocycles. The smallest absolute Gasteiger partial charge is 0.407 e. The maximum Gasteiger partial charge on any atom is 0.407 e. The van der Waals surface area contributed by atoms with Crippen molar-refractivity contribution < 1.29 is 19.1 Å². The van der Waals surface area contributed by atoms with Gasteiger partial charge in [0, 0.05) is 12.1 Å². The van der Waals surface area contributed by atoms with E-state index in [0.717, 1.165) is 19.3 Å². The summed E-state index contributed by atoms with van der Waals surface area (Å²) in [5.41, 5.74) is -0.952. The topological polar surface area (TPSA) is 76.7 Å². The first-order valence-corrected chi connectivity index (χ1v) is 7.89. The molecule has 128 valence electrons. The molecule has 6 heteroatoms. The summed E-state index contributed by atoms with van der Waals surface area (Å²) < 4.78 is 10.5. The Bertz CT molecular complexity index is 396. The third-order valence-corrected chi connectivity index (χ3v) is 3.11. The highest BCUT2D eigenvalue weighted by Gasteiger charge is 2.28. The molecule has 2 unspecified atom stereocenters. The van der Waals surface area contributed by atoms with Gasteiger partial charge in [0.25, 0.3) is 0 Å². The molecule has 2 N–H and O–H groups in total. The predicted octanol–water partition coefficient (Wildman–Crippen LogP) is 2.36. The lowest BCUT2D eigenvalue weighted by Crippen LogP contribution is -2.40. The Morgan fingerprint density at radius 1 is 0.955 bits per heavy atom. The molecule has 22 heavy (non-hydrogen) atoms. The zero-order valence-corrected chi connectivity index (χ0v) is 14.6. The summed E-state index contributed by atoms with van der Waals surface area (Å²) in [4.78, 5) is 23.4. The summed E-state index contributed by atoms with van der Waals surface area (Å²) in [6.07, 6.45) is 2.21. The molecule has 0 aromatic rings. The zero-order chi connectivity index (χ0) is 17.0. The maximum absolute atomic E-state index is 11.7. The van der Waals surface area contributed by atoms with Crippen LogP contribution in [0.5, 0.6) is 0 Å². The Balaban J connectivity index is 2.26. The van der Waals surface area contributed by atoms with Crippen LogP contribution in [0.25, 0.3) is 0 Å². The average molecular weight is 314 g/mol. The molecular weight excluding hydrogens is 284 g/mol. The first-order valence-electron chi connectivity index (χ1n) is 7.89. The van der Waals surface area contributed by atoms with Crippen LogP contribution in [0.2, 0.25) is 0 Å². The lowest BCUT2D eigenvalue weighted by Gasteiger charge is -2.22. The molecule has 0 bridgehead atoms. The van der Waals surface area contributed by atoms with Gasteiger partial charge in [-0.05, 0) is 60.8 Å². The van der Waals surface area contributed by atoms with Crippen LogP contribution in [-0.4, -0.2) is 41.9 Å². The van der Waals surface area contributed by atoms with E-state index in [4.69, 9.17) is 9.47 Å². The normalized spacial score (nSPS) is 22.3. The van der Waals surface area contributed by atoms with E-state index >= 15 is 0 Å². The number of carbonyl (C=O) groups excluding carboxylic acids is 2. The van der Waals surface area contributed by atoms with Gasteiger partial charge < -0.3 is 20.1 Å². The van der Waals surface area contributed by atoms with Crippen molar-refractivity contribution >= 4 is 12.1 Å². The summed E-state index contributed by atoms with van der Waals surface area (Å²) >= 11 is 0. The maximum atomic E-state index is 11.7. The third kappa shape index (κ3) is 8.22. The van der Waals surface area contributed by atoms with E-state index in [1.165, 1.54) is 0 Å². The summed E-state index contributed by atoms with van der Waals surface area (Å²) in [5, 5.41) is 6.06. The van der Waals surface area contributed by atoms with Crippen molar-refractivity contribution in [1.29, 1.82) is 0 Å². The van der Waals surface area contributed by atoms with Gasteiger partial charge >= 0.3 is 12.1 Å². The fourth-order valence-corrected chi connectivity index (χ4v) is 2.38. The molecule has 1 fully saturated rings. The number of hydrogen-bond donors (Lipinski definition) is 2. The first-order chi connectivity index (χ1) is 9.94. The van der Waals surface area contributed by atoms with E-state index in [2.05, 4.69) is 10.6 Å². The second-order valence-corrected chi connectivity index (χ2v) is 7.82. The van der Waals surface area contributed by atoms with Crippen LogP contribution in [0, 0.1) is 0 Å². The van der Waals surface area contributed by atoms with E-state index in [1.807, 2.05) is 41.5 Å². The highest BCUT2D eigenvalue weighted by Crippen LogP contribution is 2.20. The Kier molecular flexibility index (Phi) is 6.23. The highest BCUT2D eigenvalue weighted by atomic mass is 16.6. The molecular formula is C16H30N2O4. The number of carbonyl (C=O) groups is 2. The van der Waals surface area contributed by atoms with E-state index < -0.39 is 11.2 Å². The Morgan fingerprint density at radius 3 is 2.05 bits per heavy atom. The number of rotatable bonds is 4. The molecule has 0 aromatic carbocycles. The van der Waals surface area contributed by atoms with E-state index in [0.29, 0.717) is 0 Å². The third-order valence-electron chi connectivity index (χ3n) is 3.11. The van der Waals surface area contributed by atoms with Crippen molar-refractivity contribution in [2.75, 3.05) is 6.54 Å². The number of hydrogen-bond acceptors (Lipinski definition) is 5. The minimum absolute atomic E-state index is 0.0889. The number of esters is 1. The Hall–Kier alpha value is -1.30. The molecule has 6 nitrogen and oxygen atoms in total. The molecule has 0 aromatic heterocycles. The van der Waals surface area contributed by atoms with Gasteiger partial charge in [0.1, 0.15) is 11.2 Å². The van der Waals surface area contributed by atoms with Crippen molar-refractivity contribution in [2.45, 2.75) is 84.1 Å². The largest absolute Gasteiger partial charge is 0.459 e. The fraction of sp³-hybridized carbons (Fsp3) is 0.875. The van der Waals surface area contributed by atoms with Gasteiger partial charge in [-0.1, -0.05) is 0 Å². The van der Waals surface area contributed by atoms with Crippen LogP contribution in [0.3, 0.4) is 0 Å². The number of alkyl carbamates (subject to hydrolysis) is 1. The number of nitrogens with one attached hydrogen (secondary N) is 2. The second kappa shape index (κ2) is 7.31. The van der Waals surface area contributed by atoms with Crippen LogP contribution >= 0.6 is 0 Å². The quantitative estimate of drug-likeness (QED) is 0.779. The van der Waals surface area contributed by atoms with Crippen molar-refractivity contribution in [3.8, 4) is 0 Å². The highest BCUT2D eigenvalue weighted by molar-refractivity contribution is 5.72. The first kappa shape index (κ1) is 18.7. The predicted molar refractivity (Wildman–Crippen MR) is 84.6 cm³/mol. The molecule has 1 rings (SSSR count). The van der Waals surface area contributed by atoms with Gasteiger partial charge in [0.15, 0.2) is 0 Å². The van der Waals surface area contributed by atoms with Crippen LogP contribution in [0.1, 0.15) is 60.8 Å². The van der Waals surface area contributed by atoms with Crippen LogP contribution in [0.15, 0.2) is 0 Å². The SMILES string of the molecule is CC(C)(C)OC(=O)CNC1CCC(NC(=O)OC(C)(C)C)C1. The standard InChI is InChI=1S/C16H30N2O4/c1-15(2,3)21-13(19)10-17-11-7-8-12(9-11)18-14(20)22-16(4,5)6/h11-12,17H,7-10H2,1-6H3,(H,18,20). The van der Waals surface area contributed by atoms with Gasteiger partial charge in [-0.2, -0.15) is 0 Å².